The molecule has 0 aliphatic rings. The van der Waals surface area contributed by atoms with Crippen molar-refractivity contribution in [2.24, 2.45) is 0 Å². The van der Waals surface area contributed by atoms with Gasteiger partial charge in [0, 0.05) is 17.3 Å². The van der Waals surface area contributed by atoms with Crippen molar-refractivity contribution < 1.29 is 4.79 Å². The SMILES string of the molecule is CC[C@H](C(=O)Nc1cccc(C)c1)n1nc(-c2cc(C)ccc2C)ccc1=O. The van der Waals surface area contributed by atoms with Gasteiger partial charge >= 0.3 is 0 Å². The Bertz CT molecular complexity index is 1070. The summed E-state index contributed by atoms with van der Waals surface area (Å²) in [6, 6.07) is 16.2. The summed E-state index contributed by atoms with van der Waals surface area (Å²) in [5, 5.41) is 7.44. The molecular formula is C23H25N3O2. The van der Waals surface area contributed by atoms with E-state index in [2.05, 4.69) is 10.4 Å². The summed E-state index contributed by atoms with van der Waals surface area (Å²) in [5.74, 6) is -0.249. The molecule has 0 unspecified atom stereocenters. The van der Waals surface area contributed by atoms with Gasteiger partial charge in [-0.15, -0.1) is 0 Å². The molecule has 2 aromatic carbocycles. The van der Waals surface area contributed by atoms with Crippen LogP contribution >= 0.6 is 0 Å². The molecule has 5 nitrogen and oxygen atoms in total. The van der Waals surface area contributed by atoms with Gasteiger partial charge in [-0.3, -0.25) is 9.59 Å². The maximum absolute atomic E-state index is 12.9. The van der Waals surface area contributed by atoms with E-state index in [1.54, 1.807) is 6.07 Å². The molecule has 144 valence electrons. The second-order valence-electron chi connectivity index (χ2n) is 7.10. The summed E-state index contributed by atoms with van der Waals surface area (Å²) in [6.45, 7) is 7.86. The van der Waals surface area contributed by atoms with Crippen LogP contribution < -0.4 is 10.9 Å². The number of aryl methyl sites for hydroxylation is 3. The van der Waals surface area contributed by atoms with Crippen LogP contribution in [-0.2, 0) is 4.79 Å². The molecule has 0 saturated heterocycles. The Morgan fingerprint density at radius 2 is 1.79 bits per heavy atom. The molecule has 3 aromatic rings. The standard InChI is InChI=1S/C23H25N3O2/c1-5-21(23(28)24-18-8-6-7-15(2)13-18)26-22(27)12-11-20(25-26)19-14-16(3)9-10-17(19)4/h6-14,21H,5H2,1-4H3,(H,24,28)/t21-/m1/s1. The van der Waals surface area contributed by atoms with Gasteiger partial charge in [-0.2, -0.15) is 5.10 Å². The Hall–Kier alpha value is -3.21. The van der Waals surface area contributed by atoms with Gasteiger partial charge < -0.3 is 5.32 Å². The van der Waals surface area contributed by atoms with Crippen LogP contribution in [0.4, 0.5) is 5.69 Å². The number of carbonyl (C=O) groups excluding carboxylic acids is 1. The lowest BCUT2D eigenvalue weighted by molar-refractivity contribution is -0.119. The predicted octanol–water partition coefficient (Wildman–Crippen LogP) is 4.43. The Balaban J connectivity index is 1.97. The fourth-order valence-electron chi connectivity index (χ4n) is 3.22. The molecule has 0 aliphatic carbocycles. The van der Waals surface area contributed by atoms with E-state index in [4.69, 9.17) is 0 Å². The Labute approximate surface area is 165 Å². The van der Waals surface area contributed by atoms with Crippen molar-refractivity contribution in [1.29, 1.82) is 0 Å². The summed E-state index contributed by atoms with van der Waals surface area (Å²) < 4.78 is 1.29. The number of amides is 1. The molecule has 1 amide bonds. The van der Waals surface area contributed by atoms with E-state index in [-0.39, 0.29) is 11.5 Å². The highest BCUT2D eigenvalue weighted by molar-refractivity contribution is 5.93. The Morgan fingerprint density at radius 3 is 2.50 bits per heavy atom. The first-order chi connectivity index (χ1) is 13.4. The molecule has 1 N–H and O–H groups in total. The zero-order valence-corrected chi connectivity index (χ0v) is 16.7. The van der Waals surface area contributed by atoms with E-state index in [9.17, 15) is 9.59 Å². The second kappa shape index (κ2) is 8.21. The van der Waals surface area contributed by atoms with Crippen molar-refractivity contribution in [3.05, 3.63) is 81.6 Å². The van der Waals surface area contributed by atoms with Gasteiger partial charge in [0.2, 0.25) is 5.91 Å². The fourth-order valence-corrected chi connectivity index (χ4v) is 3.22. The van der Waals surface area contributed by atoms with E-state index < -0.39 is 6.04 Å². The highest BCUT2D eigenvalue weighted by atomic mass is 16.2. The number of carbonyl (C=O) groups is 1. The highest BCUT2D eigenvalue weighted by Gasteiger charge is 2.22. The number of hydrogen-bond acceptors (Lipinski definition) is 3. The molecule has 0 radical (unpaired) electrons. The summed E-state index contributed by atoms with van der Waals surface area (Å²) in [5.41, 5.74) is 5.30. The van der Waals surface area contributed by atoms with Gasteiger partial charge in [0.1, 0.15) is 6.04 Å². The molecule has 5 heteroatoms. The number of aromatic nitrogens is 2. The quantitative estimate of drug-likeness (QED) is 0.718. The smallest absolute Gasteiger partial charge is 0.267 e. The molecule has 0 saturated carbocycles. The third-order valence-corrected chi connectivity index (χ3v) is 4.76. The van der Waals surface area contributed by atoms with Crippen molar-refractivity contribution in [2.75, 3.05) is 5.32 Å². The number of rotatable bonds is 5. The van der Waals surface area contributed by atoms with Crippen LogP contribution in [0.25, 0.3) is 11.3 Å². The normalized spacial score (nSPS) is 11.9. The van der Waals surface area contributed by atoms with Crippen molar-refractivity contribution in [3.63, 3.8) is 0 Å². The summed E-state index contributed by atoms with van der Waals surface area (Å²) in [7, 11) is 0. The third-order valence-electron chi connectivity index (χ3n) is 4.76. The lowest BCUT2D eigenvalue weighted by atomic mass is 10.0. The molecule has 28 heavy (non-hydrogen) atoms. The van der Waals surface area contributed by atoms with Crippen LogP contribution in [0.5, 0.6) is 0 Å². The number of hydrogen-bond donors (Lipinski definition) is 1. The van der Waals surface area contributed by atoms with E-state index in [1.807, 2.05) is 70.2 Å². The maximum Gasteiger partial charge on any atom is 0.267 e. The summed E-state index contributed by atoms with van der Waals surface area (Å²) in [6.07, 6.45) is 0.459. The average molecular weight is 375 g/mol. The first kappa shape index (κ1) is 19.5. The van der Waals surface area contributed by atoms with Gasteiger partial charge in [0.05, 0.1) is 5.69 Å². The summed E-state index contributed by atoms with van der Waals surface area (Å²) in [4.78, 5) is 25.4. The first-order valence-electron chi connectivity index (χ1n) is 9.44. The largest absolute Gasteiger partial charge is 0.324 e. The minimum absolute atomic E-state index is 0.249. The fraction of sp³-hybridized carbons (Fsp3) is 0.261. The van der Waals surface area contributed by atoms with Crippen LogP contribution in [0.1, 0.15) is 36.1 Å². The van der Waals surface area contributed by atoms with Crippen molar-refractivity contribution >= 4 is 11.6 Å². The average Bonchev–Trinajstić information content (AvgIpc) is 2.66. The highest BCUT2D eigenvalue weighted by Crippen LogP contribution is 2.23. The summed E-state index contributed by atoms with van der Waals surface area (Å²) >= 11 is 0. The van der Waals surface area contributed by atoms with Crippen LogP contribution in [0, 0.1) is 20.8 Å². The van der Waals surface area contributed by atoms with Gasteiger partial charge in [0.15, 0.2) is 0 Å². The van der Waals surface area contributed by atoms with Gasteiger partial charge in [0.25, 0.3) is 5.56 Å². The zero-order chi connectivity index (χ0) is 20.3. The van der Waals surface area contributed by atoms with Crippen molar-refractivity contribution in [1.82, 2.24) is 9.78 Å². The van der Waals surface area contributed by atoms with Gasteiger partial charge in [-0.1, -0.05) is 36.8 Å². The third kappa shape index (κ3) is 4.19. The molecule has 0 aliphatic heterocycles. The van der Waals surface area contributed by atoms with Crippen LogP contribution in [0.15, 0.2) is 59.4 Å². The second-order valence-corrected chi connectivity index (χ2v) is 7.10. The molecule has 3 rings (SSSR count). The molecule has 0 bridgehead atoms. The molecular weight excluding hydrogens is 350 g/mol. The van der Waals surface area contributed by atoms with Gasteiger partial charge in [-0.05, 0) is 62.6 Å². The Morgan fingerprint density at radius 1 is 1.04 bits per heavy atom. The number of anilines is 1. The molecule has 0 fully saturated rings. The maximum atomic E-state index is 12.9. The Kier molecular flexibility index (Phi) is 5.73. The van der Waals surface area contributed by atoms with E-state index in [0.29, 0.717) is 17.8 Å². The van der Waals surface area contributed by atoms with Crippen molar-refractivity contribution in [2.45, 2.75) is 40.2 Å². The minimum atomic E-state index is -0.682. The monoisotopic (exact) mass is 375 g/mol. The first-order valence-corrected chi connectivity index (χ1v) is 9.44. The van der Waals surface area contributed by atoms with E-state index in [0.717, 1.165) is 22.3 Å². The van der Waals surface area contributed by atoms with E-state index in [1.165, 1.54) is 10.7 Å². The number of benzene rings is 2. The molecule has 0 spiro atoms. The van der Waals surface area contributed by atoms with Crippen LogP contribution in [0.3, 0.4) is 0 Å². The van der Waals surface area contributed by atoms with Gasteiger partial charge in [-0.25, -0.2) is 4.68 Å². The predicted molar refractivity (Wildman–Crippen MR) is 113 cm³/mol. The number of nitrogens with zero attached hydrogens (tertiary/aromatic N) is 2. The lowest BCUT2D eigenvalue weighted by Gasteiger charge is -2.18. The van der Waals surface area contributed by atoms with Crippen LogP contribution in [-0.4, -0.2) is 15.7 Å². The molecule has 1 atom stereocenters. The molecule has 1 heterocycles. The zero-order valence-electron chi connectivity index (χ0n) is 16.7. The topological polar surface area (TPSA) is 64.0 Å². The lowest BCUT2D eigenvalue weighted by Crippen LogP contribution is -2.34. The van der Waals surface area contributed by atoms with Crippen molar-refractivity contribution in [3.8, 4) is 11.3 Å². The van der Waals surface area contributed by atoms with E-state index >= 15 is 0 Å². The van der Waals surface area contributed by atoms with Crippen LogP contribution in [0.2, 0.25) is 0 Å². The minimum Gasteiger partial charge on any atom is -0.324 e. The number of nitrogens with one attached hydrogen (secondary N) is 1. The molecule has 1 aromatic heterocycles.